The van der Waals surface area contributed by atoms with Crippen LogP contribution in [0.5, 0.6) is 0 Å². The van der Waals surface area contributed by atoms with Crippen LogP contribution in [0.1, 0.15) is 44.9 Å². The summed E-state index contributed by atoms with van der Waals surface area (Å²) in [5.41, 5.74) is 0.842. The van der Waals surface area contributed by atoms with Crippen LogP contribution < -0.4 is 4.90 Å². The maximum Gasteiger partial charge on any atom is 0.233 e. The highest BCUT2D eigenvalue weighted by atomic mass is 32.2. The van der Waals surface area contributed by atoms with E-state index in [1.165, 1.54) is 11.8 Å². The van der Waals surface area contributed by atoms with Crippen LogP contribution in [0, 0.1) is 0 Å². The molecule has 0 atom stereocenters. The van der Waals surface area contributed by atoms with Crippen molar-refractivity contribution in [3.8, 4) is 0 Å². The van der Waals surface area contributed by atoms with Gasteiger partial charge in [0.25, 0.3) is 0 Å². The standard InChI is InChI=1S/C24H31N5O2S/c1-24(2,3)29(16-19-10-5-4-6-11-19)21(30)18-32-23-26-25-22(27-13-7-8-14-27)28(23)17-20-12-9-15-31-20/h4-6,9-12,15H,7-8,13-14,16-18H2,1-3H3. The van der Waals surface area contributed by atoms with Crippen LogP contribution in [-0.2, 0) is 17.9 Å². The van der Waals surface area contributed by atoms with E-state index in [2.05, 4.69) is 52.6 Å². The van der Waals surface area contributed by atoms with Crippen molar-refractivity contribution in [2.24, 2.45) is 0 Å². The van der Waals surface area contributed by atoms with Crippen molar-refractivity contribution in [3.63, 3.8) is 0 Å². The van der Waals surface area contributed by atoms with E-state index in [1.807, 2.05) is 35.2 Å². The predicted octanol–water partition coefficient (Wildman–Crippen LogP) is 4.44. The molecule has 32 heavy (non-hydrogen) atoms. The van der Waals surface area contributed by atoms with Crippen LogP contribution in [-0.4, -0.2) is 50.0 Å². The van der Waals surface area contributed by atoms with Gasteiger partial charge in [-0.2, -0.15) is 0 Å². The lowest BCUT2D eigenvalue weighted by atomic mass is 10.0. The Labute approximate surface area is 193 Å². The molecule has 1 fully saturated rings. The number of aromatic nitrogens is 3. The number of carbonyl (C=O) groups is 1. The zero-order chi connectivity index (χ0) is 22.6. The highest BCUT2D eigenvalue weighted by Crippen LogP contribution is 2.27. The lowest BCUT2D eigenvalue weighted by molar-refractivity contribution is -0.133. The predicted molar refractivity (Wildman–Crippen MR) is 127 cm³/mol. The number of thioether (sulfide) groups is 1. The van der Waals surface area contributed by atoms with Crippen molar-refractivity contribution < 1.29 is 9.21 Å². The molecule has 2 aromatic heterocycles. The Balaban J connectivity index is 1.50. The fraction of sp³-hybridized carbons (Fsp3) is 0.458. The first kappa shape index (κ1) is 22.5. The quantitative estimate of drug-likeness (QED) is 0.470. The molecule has 0 N–H and O–H groups in total. The number of benzene rings is 1. The van der Waals surface area contributed by atoms with Gasteiger partial charge in [0, 0.05) is 25.2 Å². The summed E-state index contributed by atoms with van der Waals surface area (Å²) in [5.74, 6) is 2.09. The van der Waals surface area contributed by atoms with E-state index >= 15 is 0 Å². The summed E-state index contributed by atoms with van der Waals surface area (Å²) in [6.07, 6.45) is 4.00. The molecule has 7 nitrogen and oxygen atoms in total. The number of carbonyl (C=O) groups excluding carboxylic acids is 1. The van der Waals surface area contributed by atoms with Gasteiger partial charge in [-0.3, -0.25) is 9.36 Å². The number of nitrogens with zero attached hydrogens (tertiary/aromatic N) is 5. The number of hydrogen-bond acceptors (Lipinski definition) is 6. The molecule has 4 rings (SSSR count). The van der Waals surface area contributed by atoms with Crippen LogP contribution >= 0.6 is 11.8 Å². The van der Waals surface area contributed by atoms with Crippen molar-refractivity contribution in [2.45, 2.75) is 57.4 Å². The molecule has 3 aromatic rings. The Kier molecular flexibility index (Phi) is 6.89. The zero-order valence-electron chi connectivity index (χ0n) is 19.0. The lowest BCUT2D eigenvalue weighted by Gasteiger charge is -2.36. The molecule has 0 unspecified atom stereocenters. The van der Waals surface area contributed by atoms with Crippen molar-refractivity contribution in [1.29, 1.82) is 0 Å². The Morgan fingerprint density at radius 3 is 2.50 bits per heavy atom. The van der Waals surface area contributed by atoms with Gasteiger partial charge >= 0.3 is 0 Å². The van der Waals surface area contributed by atoms with Crippen molar-refractivity contribution in [3.05, 3.63) is 60.1 Å². The highest BCUT2D eigenvalue weighted by Gasteiger charge is 2.28. The molecular formula is C24H31N5O2S. The van der Waals surface area contributed by atoms with Crippen molar-refractivity contribution in [1.82, 2.24) is 19.7 Å². The van der Waals surface area contributed by atoms with Crippen LogP contribution in [0.3, 0.4) is 0 Å². The lowest BCUT2D eigenvalue weighted by Crippen LogP contribution is -2.45. The normalized spacial score (nSPS) is 14.2. The third-order valence-electron chi connectivity index (χ3n) is 5.60. The van der Waals surface area contributed by atoms with Gasteiger partial charge in [-0.15, -0.1) is 10.2 Å². The van der Waals surface area contributed by atoms with E-state index in [0.717, 1.165) is 48.4 Å². The number of anilines is 1. The minimum atomic E-state index is -0.282. The molecule has 0 spiro atoms. The number of rotatable bonds is 8. The number of hydrogen-bond donors (Lipinski definition) is 0. The smallest absolute Gasteiger partial charge is 0.233 e. The molecule has 0 aliphatic carbocycles. The zero-order valence-corrected chi connectivity index (χ0v) is 19.8. The summed E-state index contributed by atoms with van der Waals surface area (Å²) in [6, 6.07) is 14.0. The second kappa shape index (κ2) is 9.81. The Bertz CT molecular complexity index is 1000. The minimum absolute atomic E-state index is 0.0848. The second-order valence-corrected chi connectivity index (χ2v) is 10.0. The van der Waals surface area contributed by atoms with Crippen molar-refractivity contribution >= 4 is 23.6 Å². The Morgan fingerprint density at radius 2 is 1.84 bits per heavy atom. The molecule has 1 saturated heterocycles. The SMILES string of the molecule is CC(C)(C)N(Cc1ccccc1)C(=O)CSc1nnc(N2CCCC2)n1Cc1ccco1. The van der Waals surface area contributed by atoms with Crippen LogP contribution in [0.4, 0.5) is 5.95 Å². The summed E-state index contributed by atoms with van der Waals surface area (Å²) in [5, 5.41) is 9.65. The summed E-state index contributed by atoms with van der Waals surface area (Å²) in [7, 11) is 0. The van der Waals surface area contributed by atoms with Gasteiger partial charge in [0.2, 0.25) is 11.9 Å². The fourth-order valence-corrected chi connectivity index (χ4v) is 4.71. The maximum atomic E-state index is 13.3. The average molecular weight is 454 g/mol. The molecule has 1 aliphatic rings. The molecule has 0 radical (unpaired) electrons. The van der Waals surface area contributed by atoms with Gasteiger partial charge in [0.1, 0.15) is 5.76 Å². The molecule has 1 amide bonds. The Morgan fingerprint density at radius 1 is 1.09 bits per heavy atom. The molecule has 0 saturated carbocycles. The van der Waals surface area contributed by atoms with Crippen LogP contribution in [0.15, 0.2) is 58.3 Å². The monoisotopic (exact) mass is 453 g/mol. The maximum absolute atomic E-state index is 13.3. The first-order chi connectivity index (χ1) is 15.4. The third-order valence-corrected chi connectivity index (χ3v) is 6.55. The van der Waals surface area contributed by atoms with E-state index in [0.29, 0.717) is 18.8 Å². The minimum Gasteiger partial charge on any atom is -0.467 e. The van der Waals surface area contributed by atoms with E-state index < -0.39 is 0 Å². The second-order valence-electron chi connectivity index (χ2n) is 9.07. The van der Waals surface area contributed by atoms with Crippen molar-refractivity contribution in [2.75, 3.05) is 23.7 Å². The fourth-order valence-electron chi connectivity index (χ4n) is 3.91. The number of furan rings is 1. The van der Waals surface area contributed by atoms with Gasteiger partial charge in [0.15, 0.2) is 5.16 Å². The third kappa shape index (κ3) is 5.35. The first-order valence-corrected chi connectivity index (χ1v) is 12.1. The van der Waals surface area contributed by atoms with E-state index in [4.69, 9.17) is 4.42 Å². The van der Waals surface area contributed by atoms with E-state index in [-0.39, 0.29) is 11.4 Å². The molecule has 1 aliphatic heterocycles. The average Bonchev–Trinajstić information content (AvgIpc) is 3.53. The highest BCUT2D eigenvalue weighted by molar-refractivity contribution is 7.99. The van der Waals surface area contributed by atoms with Crippen LogP contribution in [0.25, 0.3) is 0 Å². The molecule has 8 heteroatoms. The molecule has 170 valence electrons. The summed E-state index contributed by atoms with van der Waals surface area (Å²) in [4.78, 5) is 17.5. The molecule has 1 aromatic carbocycles. The van der Waals surface area contributed by atoms with Gasteiger partial charge in [-0.1, -0.05) is 42.1 Å². The largest absolute Gasteiger partial charge is 0.467 e. The summed E-state index contributed by atoms with van der Waals surface area (Å²) in [6.45, 7) is 9.32. The molecular weight excluding hydrogens is 422 g/mol. The van der Waals surface area contributed by atoms with Crippen LogP contribution in [0.2, 0.25) is 0 Å². The number of amides is 1. The molecule has 3 heterocycles. The molecule has 0 bridgehead atoms. The van der Waals surface area contributed by atoms with Gasteiger partial charge in [-0.05, 0) is 51.3 Å². The van der Waals surface area contributed by atoms with Gasteiger partial charge < -0.3 is 14.2 Å². The Hall–Kier alpha value is -2.74. The van der Waals surface area contributed by atoms with E-state index in [9.17, 15) is 4.79 Å². The summed E-state index contributed by atoms with van der Waals surface area (Å²) < 4.78 is 7.65. The summed E-state index contributed by atoms with van der Waals surface area (Å²) >= 11 is 1.44. The topological polar surface area (TPSA) is 67.4 Å². The van der Waals surface area contributed by atoms with E-state index in [1.54, 1.807) is 6.26 Å². The van der Waals surface area contributed by atoms with Gasteiger partial charge in [-0.25, -0.2) is 0 Å². The van der Waals surface area contributed by atoms with Gasteiger partial charge in [0.05, 0.1) is 18.6 Å². The first-order valence-electron chi connectivity index (χ1n) is 11.1.